The molecule has 2 aromatic rings. The molecule has 1 spiro atoms. The highest BCUT2D eigenvalue weighted by Gasteiger charge is 2.57. The van der Waals surface area contributed by atoms with Crippen molar-refractivity contribution < 1.29 is 9.59 Å². The van der Waals surface area contributed by atoms with Crippen LogP contribution in [-0.4, -0.2) is 63.3 Å². The average Bonchev–Trinajstić information content (AvgIpc) is 3.07. The third-order valence-corrected chi connectivity index (χ3v) is 8.08. The molecule has 1 saturated carbocycles. The lowest BCUT2D eigenvalue weighted by molar-refractivity contribution is -0.136. The lowest BCUT2D eigenvalue weighted by atomic mass is 9.84. The molecule has 180 valence electrons. The van der Waals surface area contributed by atoms with Crippen LogP contribution < -0.4 is 0 Å². The summed E-state index contributed by atoms with van der Waals surface area (Å²) in [6, 6.07) is 13.9. The van der Waals surface area contributed by atoms with Crippen LogP contribution in [0.15, 0.2) is 54.9 Å². The Morgan fingerprint density at radius 1 is 0.912 bits per heavy atom. The first-order chi connectivity index (χ1) is 16.7. The Balaban J connectivity index is 1.32. The maximum atomic E-state index is 13.8. The number of piperidine rings is 1. The van der Waals surface area contributed by atoms with Gasteiger partial charge in [0.2, 0.25) is 0 Å². The van der Waals surface area contributed by atoms with E-state index >= 15 is 0 Å². The van der Waals surface area contributed by atoms with Gasteiger partial charge in [0.05, 0.1) is 6.54 Å². The van der Waals surface area contributed by atoms with Crippen LogP contribution in [0.2, 0.25) is 0 Å². The topological polar surface area (TPSA) is 56.8 Å². The van der Waals surface area contributed by atoms with E-state index in [4.69, 9.17) is 0 Å². The van der Waals surface area contributed by atoms with Gasteiger partial charge in [0.25, 0.3) is 5.91 Å². The summed E-state index contributed by atoms with van der Waals surface area (Å²) >= 11 is 0. The molecule has 34 heavy (non-hydrogen) atoms. The molecule has 1 aromatic heterocycles. The molecule has 1 aliphatic carbocycles. The molecular weight excluding hydrogens is 424 g/mol. The van der Waals surface area contributed by atoms with Crippen molar-refractivity contribution in [3.05, 3.63) is 66.0 Å². The zero-order chi connectivity index (χ0) is 23.4. The van der Waals surface area contributed by atoms with Crippen molar-refractivity contribution in [1.82, 2.24) is 19.7 Å². The molecule has 6 nitrogen and oxygen atoms in total. The Morgan fingerprint density at radius 2 is 1.65 bits per heavy atom. The SMILES string of the molecule is O=C1N(Cc2cccnc2)C(=O)C2(CCN(CC3CCCCC3)CC2)N1CCc1ccccc1. The van der Waals surface area contributed by atoms with Gasteiger partial charge in [-0.1, -0.05) is 55.7 Å². The number of imide groups is 1. The summed E-state index contributed by atoms with van der Waals surface area (Å²) in [6.07, 6.45) is 12.4. The van der Waals surface area contributed by atoms with E-state index in [1.165, 1.54) is 42.6 Å². The van der Waals surface area contributed by atoms with Gasteiger partial charge in [0.15, 0.2) is 0 Å². The van der Waals surface area contributed by atoms with Crippen LogP contribution in [0.3, 0.4) is 0 Å². The van der Waals surface area contributed by atoms with Crippen molar-refractivity contribution in [3.8, 4) is 0 Å². The molecule has 0 radical (unpaired) electrons. The Kier molecular flexibility index (Phi) is 6.95. The summed E-state index contributed by atoms with van der Waals surface area (Å²) in [5, 5.41) is 0. The highest BCUT2D eigenvalue weighted by atomic mass is 16.2. The second-order valence-corrected chi connectivity index (χ2v) is 10.3. The summed E-state index contributed by atoms with van der Waals surface area (Å²) in [5.74, 6) is 0.770. The Bertz CT molecular complexity index is 966. The normalized spacial score (nSPS) is 21.5. The van der Waals surface area contributed by atoms with Gasteiger partial charge in [-0.25, -0.2) is 4.79 Å². The molecule has 0 atom stereocenters. The molecule has 0 bridgehead atoms. The van der Waals surface area contributed by atoms with Gasteiger partial charge in [0, 0.05) is 38.6 Å². The maximum absolute atomic E-state index is 13.8. The Morgan fingerprint density at radius 3 is 2.35 bits per heavy atom. The van der Waals surface area contributed by atoms with Crippen LogP contribution in [0, 0.1) is 5.92 Å². The van der Waals surface area contributed by atoms with E-state index in [1.54, 1.807) is 12.4 Å². The molecule has 2 saturated heterocycles. The third-order valence-electron chi connectivity index (χ3n) is 8.08. The van der Waals surface area contributed by atoms with E-state index in [1.807, 2.05) is 35.2 Å². The number of aromatic nitrogens is 1. The van der Waals surface area contributed by atoms with Crippen LogP contribution in [0.25, 0.3) is 0 Å². The molecule has 2 aliphatic heterocycles. The second-order valence-electron chi connectivity index (χ2n) is 10.3. The predicted octanol–water partition coefficient (Wildman–Crippen LogP) is 4.50. The first-order valence-corrected chi connectivity index (χ1v) is 12.9. The number of pyridine rings is 1. The lowest BCUT2D eigenvalue weighted by Gasteiger charge is -2.43. The van der Waals surface area contributed by atoms with E-state index in [0.29, 0.717) is 13.1 Å². The summed E-state index contributed by atoms with van der Waals surface area (Å²) in [6.45, 7) is 3.78. The number of hydrogen-bond acceptors (Lipinski definition) is 4. The zero-order valence-corrected chi connectivity index (χ0v) is 20.1. The summed E-state index contributed by atoms with van der Waals surface area (Å²) in [7, 11) is 0. The van der Waals surface area contributed by atoms with E-state index < -0.39 is 5.54 Å². The fourth-order valence-electron chi connectivity index (χ4n) is 6.12. The first kappa shape index (κ1) is 23.0. The average molecular weight is 461 g/mol. The van der Waals surface area contributed by atoms with Gasteiger partial charge >= 0.3 is 6.03 Å². The second kappa shape index (κ2) is 10.3. The zero-order valence-electron chi connectivity index (χ0n) is 20.1. The minimum atomic E-state index is -0.711. The van der Waals surface area contributed by atoms with Crippen molar-refractivity contribution in [2.24, 2.45) is 5.92 Å². The van der Waals surface area contributed by atoms with Gasteiger partial charge in [-0.05, 0) is 55.2 Å². The number of rotatable bonds is 7. The monoisotopic (exact) mass is 460 g/mol. The van der Waals surface area contributed by atoms with Gasteiger partial charge in [-0.15, -0.1) is 0 Å². The van der Waals surface area contributed by atoms with E-state index in [9.17, 15) is 9.59 Å². The van der Waals surface area contributed by atoms with Gasteiger partial charge in [-0.2, -0.15) is 0 Å². The summed E-state index contributed by atoms with van der Waals surface area (Å²) in [5.41, 5.74) is 1.37. The van der Waals surface area contributed by atoms with Crippen molar-refractivity contribution in [2.45, 2.75) is 63.5 Å². The molecule has 5 rings (SSSR count). The molecule has 3 fully saturated rings. The molecule has 0 N–H and O–H groups in total. The molecule has 3 aliphatic rings. The Hall–Kier alpha value is -2.73. The molecule has 0 unspecified atom stereocenters. The summed E-state index contributed by atoms with van der Waals surface area (Å²) in [4.78, 5) is 37.5. The summed E-state index contributed by atoms with van der Waals surface area (Å²) < 4.78 is 0. The van der Waals surface area contributed by atoms with Crippen molar-refractivity contribution >= 4 is 11.9 Å². The number of benzene rings is 1. The number of likely N-dealkylation sites (tertiary alicyclic amines) is 1. The van der Waals surface area contributed by atoms with Crippen molar-refractivity contribution in [2.75, 3.05) is 26.2 Å². The smallest absolute Gasteiger partial charge is 0.309 e. The highest BCUT2D eigenvalue weighted by molar-refractivity contribution is 6.07. The fourth-order valence-corrected chi connectivity index (χ4v) is 6.12. The molecular formula is C28H36N4O2. The fraction of sp³-hybridized carbons (Fsp3) is 0.536. The number of hydrogen-bond donors (Lipinski definition) is 0. The number of carbonyl (C=O) groups is 2. The van der Waals surface area contributed by atoms with Gasteiger partial charge in [-0.3, -0.25) is 14.7 Å². The van der Waals surface area contributed by atoms with Crippen LogP contribution in [-0.2, 0) is 17.8 Å². The Labute approximate surface area is 202 Å². The number of amides is 3. The molecule has 6 heteroatoms. The van der Waals surface area contributed by atoms with Gasteiger partial charge < -0.3 is 9.80 Å². The third kappa shape index (κ3) is 4.74. The van der Waals surface area contributed by atoms with Crippen LogP contribution in [0.5, 0.6) is 0 Å². The van der Waals surface area contributed by atoms with Crippen LogP contribution in [0.4, 0.5) is 4.79 Å². The molecule has 1 aromatic carbocycles. The maximum Gasteiger partial charge on any atom is 0.328 e. The van der Waals surface area contributed by atoms with Crippen LogP contribution >= 0.6 is 0 Å². The highest BCUT2D eigenvalue weighted by Crippen LogP contribution is 2.39. The molecule has 3 heterocycles. The molecule has 3 amide bonds. The number of urea groups is 1. The van der Waals surface area contributed by atoms with E-state index in [0.717, 1.165) is 50.4 Å². The number of nitrogens with zero attached hydrogens (tertiary/aromatic N) is 4. The van der Waals surface area contributed by atoms with E-state index in [-0.39, 0.29) is 11.9 Å². The minimum absolute atomic E-state index is 0.0215. The van der Waals surface area contributed by atoms with E-state index in [2.05, 4.69) is 22.0 Å². The largest absolute Gasteiger partial charge is 0.328 e. The van der Waals surface area contributed by atoms with Gasteiger partial charge in [0.1, 0.15) is 5.54 Å². The standard InChI is InChI=1S/C28H36N4O2/c33-26-28(14-18-30(19-15-28)21-24-10-5-2-6-11-24)32(17-13-23-8-3-1-4-9-23)27(34)31(26)22-25-12-7-16-29-20-25/h1,3-4,7-9,12,16,20,24H,2,5-6,10-11,13-15,17-19,21-22H2. The quantitative estimate of drug-likeness (QED) is 0.571. The minimum Gasteiger partial charge on any atom is -0.309 e. The number of carbonyl (C=O) groups excluding carboxylic acids is 2. The lowest BCUT2D eigenvalue weighted by Crippen LogP contribution is -2.57. The van der Waals surface area contributed by atoms with Crippen molar-refractivity contribution in [3.63, 3.8) is 0 Å². The predicted molar refractivity (Wildman–Crippen MR) is 132 cm³/mol. The first-order valence-electron chi connectivity index (χ1n) is 12.9. The van der Waals surface area contributed by atoms with Crippen molar-refractivity contribution in [1.29, 1.82) is 0 Å². The van der Waals surface area contributed by atoms with Crippen LogP contribution in [0.1, 0.15) is 56.1 Å².